The Morgan fingerprint density at radius 1 is 1.35 bits per heavy atom. The summed E-state index contributed by atoms with van der Waals surface area (Å²) in [5, 5.41) is 11.0. The number of para-hydroxylation sites is 1. The number of nitro benzene ring substituents is 1. The lowest BCUT2D eigenvalue weighted by Crippen LogP contribution is -2.49. The largest absolute Gasteiger partial charge is 0.393 e. The minimum atomic E-state index is -0.557. The predicted molar refractivity (Wildman–Crippen MR) is 85.1 cm³/mol. The van der Waals surface area contributed by atoms with Crippen molar-refractivity contribution in [2.75, 3.05) is 32.0 Å². The molecule has 2 fully saturated rings. The number of carbonyl (C=O) groups is 1. The molecule has 2 aliphatic rings. The van der Waals surface area contributed by atoms with E-state index in [9.17, 15) is 14.9 Å². The summed E-state index contributed by atoms with van der Waals surface area (Å²) in [4.78, 5) is 25.0. The van der Waals surface area contributed by atoms with E-state index in [1.807, 2.05) is 0 Å². The fourth-order valence-corrected chi connectivity index (χ4v) is 3.68. The van der Waals surface area contributed by atoms with Crippen molar-refractivity contribution >= 4 is 17.3 Å². The number of nitrogen functional groups attached to an aromatic ring is 1. The molecule has 124 valence electrons. The number of piperidine rings is 1. The Labute approximate surface area is 134 Å². The lowest BCUT2D eigenvalue weighted by Gasteiger charge is -2.44. The second-order valence-corrected chi connectivity index (χ2v) is 6.48. The summed E-state index contributed by atoms with van der Waals surface area (Å²) in [5.74, 6) is -0.226. The third-order valence-corrected chi connectivity index (χ3v) is 4.86. The summed E-state index contributed by atoms with van der Waals surface area (Å²) in [6, 6.07) is 4.38. The van der Waals surface area contributed by atoms with Crippen molar-refractivity contribution in [3.05, 3.63) is 33.9 Å². The van der Waals surface area contributed by atoms with Crippen LogP contribution >= 0.6 is 0 Å². The van der Waals surface area contributed by atoms with E-state index < -0.39 is 4.92 Å². The molecule has 7 nitrogen and oxygen atoms in total. The predicted octanol–water partition coefficient (Wildman–Crippen LogP) is 2.21. The van der Waals surface area contributed by atoms with Gasteiger partial charge in [0.25, 0.3) is 11.6 Å². The molecule has 0 aliphatic carbocycles. The lowest BCUT2D eigenvalue weighted by atomic mass is 9.75. The zero-order valence-electron chi connectivity index (χ0n) is 13.0. The Bertz CT molecular complexity index is 620. The standard InChI is InChI=1S/C16H21N3O4/c17-14-12(4-1-5-13(14)19(21)22)15(20)18-8-2-6-16(10-18)7-3-9-23-11-16/h1,4-5H,2-3,6-11,17H2/t16-/m0/s1. The molecule has 23 heavy (non-hydrogen) atoms. The maximum atomic E-state index is 12.8. The molecule has 2 N–H and O–H groups in total. The van der Waals surface area contributed by atoms with Gasteiger partial charge in [0, 0.05) is 31.2 Å². The Kier molecular flexibility index (Phi) is 4.21. The van der Waals surface area contributed by atoms with Gasteiger partial charge in [-0.05, 0) is 31.7 Å². The molecule has 0 unspecified atom stereocenters. The fourth-order valence-electron chi connectivity index (χ4n) is 3.68. The first-order valence-electron chi connectivity index (χ1n) is 7.92. The molecule has 1 aromatic carbocycles. The monoisotopic (exact) mass is 319 g/mol. The van der Waals surface area contributed by atoms with Crippen LogP contribution in [0.3, 0.4) is 0 Å². The number of nitro groups is 1. The molecule has 7 heteroatoms. The van der Waals surface area contributed by atoms with Crippen LogP contribution in [0.2, 0.25) is 0 Å². The van der Waals surface area contributed by atoms with Gasteiger partial charge in [-0.15, -0.1) is 0 Å². The number of rotatable bonds is 2. The molecule has 0 bridgehead atoms. The van der Waals surface area contributed by atoms with E-state index in [-0.39, 0.29) is 28.3 Å². The number of amides is 1. The van der Waals surface area contributed by atoms with Gasteiger partial charge < -0.3 is 15.4 Å². The molecule has 2 aliphatic heterocycles. The smallest absolute Gasteiger partial charge is 0.292 e. The number of hydrogen-bond donors (Lipinski definition) is 1. The van der Waals surface area contributed by atoms with Crippen molar-refractivity contribution in [2.24, 2.45) is 5.41 Å². The third-order valence-electron chi connectivity index (χ3n) is 4.86. The molecule has 0 saturated carbocycles. The Balaban J connectivity index is 1.83. The third kappa shape index (κ3) is 3.01. The van der Waals surface area contributed by atoms with Gasteiger partial charge in [-0.25, -0.2) is 0 Å². The van der Waals surface area contributed by atoms with Gasteiger partial charge in [-0.3, -0.25) is 14.9 Å². The minimum absolute atomic E-state index is 0.0294. The molecular formula is C16H21N3O4. The van der Waals surface area contributed by atoms with Crippen molar-refractivity contribution in [2.45, 2.75) is 25.7 Å². The molecular weight excluding hydrogens is 298 g/mol. The number of hydrogen-bond acceptors (Lipinski definition) is 5. The molecule has 1 spiro atoms. The average molecular weight is 319 g/mol. The summed E-state index contributed by atoms with van der Waals surface area (Å²) in [7, 11) is 0. The first kappa shape index (κ1) is 15.7. The summed E-state index contributed by atoms with van der Waals surface area (Å²) in [6.45, 7) is 2.76. The van der Waals surface area contributed by atoms with Gasteiger partial charge >= 0.3 is 0 Å². The number of nitrogens with two attached hydrogens (primary N) is 1. The highest BCUT2D eigenvalue weighted by Gasteiger charge is 2.39. The van der Waals surface area contributed by atoms with E-state index in [1.165, 1.54) is 12.1 Å². The maximum absolute atomic E-state index is 12.8. The van der Waals surface area contributed by atoms with Crippen LogP contribution in [-0.4, -0.2) is 42.0 Å². The van der Waals surface area contributed by atoms with Crippen LogP contribution in [0.5, 0.6) is 0 Å². The Morgan fingerprint density at radius 2 is 2.13 bits per heavy atom. The SMILES string of the molecule is Nc1c(C(=O)N2CCC[C@]3(CCCOC3)C2)cccc1[N+](=O)[O-]. The van der Waals surface area contributed by atoms with Crippen LogP contribution in [-0.2, 0) is 4.74 Å². The van der Waals surface area contributed by atoms with Gasteiger partial charge in [-0.2, -0.15) is 0 Å². The van der Waals surface area contributed by atoms with E-state index in [0.29, 0.717) is 19.7 Å². The van der Waals surface area contributed by atoms with Crippen LogP contribution < -0.4 is 5.73 Å². The highest BCUT2D eigenvalue weighted by atomic mass is 16.6. The lowest BCUT2D eigenvalue weighted by molar-refractivity contribution is -0.383. The highest BCUT2D eigenvalue weighted by Crippen LogP contribution is 2.38. The summed E-state index contributed by atoms with van der Waals surface area (Å²) in [6.07, 6.45) is 4.05. The van der Waals surface area contributed by atoms with Crippen molar-refractivity contribution in [1.82, 2.24) is 4.90 Å². The van der Waals surface area contributed by atoms with Crippen LogP contribution in [0.4, 0.5) is 11.4 Å². The van der Waals surface area contributed by atoms with E-state index in [0.717, 1.165) is 32.3 Å². The fraction of sp³-hybridized carbons (Fsp3) is 0.562. The highest BCUT2D eigenvalue weighted by molar-refractivity contribution is 6.01. The van der Waals surface area contributed by atoms with Crippen molar-refractivity contribution in [3.8, 4) is 0 Å². The van der Waals surface area contributed by atoms with Crippen molar-refractivity contribution in [1.29, 1.82) is 0 Å². The zero-order chi connectivity index (χ0) is 16.4. The molecule has 0 aromatic heterocycles. The number of carbonyl (C=O) groups excluding carboxylic acids is 1. The van der Waals surface area contributed by atoms with E-state index in [1.54, 1.807) is 11.0 Å². The second-order valence-electron chi connectivity index (χ2n) is 6.48. The summed E-state index contributed by atoms with van der Waals surface area (Å²) in [5.41, 5.74) is 5.82. The Morgan fingerprint density at radius 3 is 2.83 bits per heavy atom. The normalized spacial score (nSPS) is 24.6. The van der Waals surface area contributed by atoms with Crippen LogP contribution in [0.25, 0.3) is 0 Å². The quantitative estimate of drug-likeness (QED) is 0.512. The van der Waals surface area contributed by atoms with Gasteiger partial charge in [-0.1, -0.05) is 6.07 Å². The first-order valence-corrected chi connectivity index (χ1v) is 7.92. The molecule has 0 radical (unpaired) electrons. The molecule has 2 heterocycles. The van der Waals surface area contributed by atoms with E-state index in [4.69, 9.17) is 10.5 Å². The van der Waals surface area contributed by atoms with Gasteiger partial charge in [0.05, 0.1) is 17.1 Å². The second kappa shape index (κ2) is 6.16. The first-order chi connectivity index (χ1) is 11.0. The number of nitrogens with zero attached hydrogens (tertiary/aromatic N) is 2. The minimum Gasteiger partial charge on any atom is -0.393 e. The van der Waals surface area contributed by atoms with Crippen molar-refractivity contribution in [3.63, 3.8) is 0 Å². The number of benzene rings is 1. The summed E-state index contributed by atoms with van der Waals surface area (Å²) >= 11 is 0. The van der Waals surface area contributed by atoms with Gasteiger partial charge in [0.2, 0.25) is 0 Å². The van der Waals surface area contributed by atoms with E-state index in [2.05, 4.69) is 0 Å². The molecule has 1 amide bonds. The van der Waals surface area contributed by atoms with E-state index >= 15 is 0 Å². The zero-order valence-corrected chi connectivity index (χ0v) is 13.0. The van der Waals surface area contributed by atoms with Gasteiger partial charge in [0.1, 0.15) is 5.69 Å². The van der Waals surface area contributed by atoms with Crippen molar-refractivity contribution < 1.29 is 14.5 Å². The molecule has 2 saturated heterocycles. The van der Waals surface area contributed by atoms with Crippen LogP contribution in [0, 0.1) is 15.5 Å². The van der Waals surface area contributed by atoms with Crippen LogP contribution in [0.15, 0.2) is 18.2 Å². The number of ether oxygens (including phenoxy) is 1. The molecule has 3 rings (SSSR count). The Hall–Kier alpha value is -2.15. The summed E-state index contributed by atoms with van der Waals surface area (Å²) < 4.78 is 5.62. The van der Waals surface area contributed by atoms with Crippen LogP contribution in [0.1, 0.15) is 36.0 Å². The molecule has 1 atom stereocenters. The number of anilines is 1. The topological polar surface area (TPSA) is 98.7 Å². The average Bonchev–Trinajstić information content (AvgIpc) is 2.55. The van der Waals surface area contributed by atoms with Gasteiger partial charge in [0.15, 0.2) is 0 Å². The molecule has 1 aromatic rings. The maximum Gasteiger partial charge on any atom is 0.292 e. The number of likely N-dealkylation sites (tertiary alicyclic amines) is 1.